The average Bonchev–Trinajstić information content (AvgIpc) is 2.38. The van der Waals surface area contributed by atoms with Crippen LogP contribution >= 0.6 is 0 Å². The van der Waals surface area contributed by atoms with Crippen molar-refractivity contribution < 1.29 is 13.2 Å². The molecule has 2 aromatic carbocycles. The van der Waals surface area contributed by atoms with E-state index in [9.17, 15) is 8.42 Å². The van der Waals surface area contributed by atoms with Crippen molar-refractivity contribution in [2.75, 3.05) is 17.7 Å². The fraction of sp³-hybridized carbons (Fsp3) is 0.143. The second-order valence-electron chi connectivity index (χ2n) is 4.42. The zero-order chi connectivity index (χ0) is 15.5. The second kappa shape index (κ2) is 6.02. The Morgan fingerprint density at radius 1 is 1.14 bits per heavy atom. The highest BCUT2D eigenvalue weighted by atomic mass is 32.2. The van der Waals surface area contributed by atoms with Crippen LogP contribution in [0, 0.1) is 0 Å². The number of sulfonamides is 1. The van der Waals surface area contributed by atoms with E-state index < -0.39 is 10.0 Å². The molecule has 5 N–H and O–H groups in total. The Morgan fingerprint density at radius 3 is 2.57 bits per heavy atom. The molecule has 0 atom stereocenters. The molecule has 2 rings (SSSR count). The number of anilines is 3. The maximum absolute atomic E-state index is 11.4. The van der Waals surface area contributed by atoms with Crippen molar-refractivity contribution in [3.8, 4) is 5.75 Å². The van der Waals surface area contributed by atoms with E-state index in [-0.39, 0.29) is 4.90 Å². The number of nitrogens with two attached hydrogens (primary N) is 2. The van der Waals surface area contributed by atoms with Gasteiger partial charge in [0.1, 0.15) is 5.75 Å². The summed E-state index contributed by atoms with van der Waals surface area (Å²) in [5.41, 5.74) is 7.30. The average molecular weight is 307 g/mol. The summed E-state index contributed by atoms with van der Waals surface area (Å²) in [5, 5.41) is 8.20. The Labute approximate surface area is 123 Å². The lowest BCUT2D eigenvalue weighted by Gasteiger charge is -2.11. The molecule has 0 saturated heterocycles. The van der Waals surface area contributed by atoms with E-state index in [1.807, 2.05) is 31.2 Å². The third kappa shape index (κ3) is 4.11. The lowest BCUT2D eigenvalue weighted by molar-refractivity contribution is 0.340. The summed E-state index contributed by atoms with van der Waals surface area (Å²) >= 11 is 0. The largest absolute Gasteiger partial charge is 0.494 e. The number of nitrogens with one attached hydrogen (secondary N) is 1. The first-order valence-corrected chi connectivity index (χ1v) is 7.86. The van der Waals surface area contributed by atoms with Gasteiger partial charge < -0.3 is 15.8 Å². The van der Waals surface area contributed by atoms with Crippen molar-refractivity contribution in [3.63, 3.8) is 0 Å². The van der Waals surface area contributed by atoms with E-state index in [0.29, 0.717) is 18.0 Å². The molecule has 21 heavy (non-hydrogen) atoms. The van der Waals surface area contributed by atoms with E-state index in [4.69, 9.17) is 15.6 Å². The minimum Gasteiger partial charge on any atom is -0.494 e. The number of hydrogen-bond donors (Lipinski definition) is 3. The molecule has 0 aliphatic heterocycles. The molecule has 0 spiro atoms. The molecular weight excluding hydrogens is 290 g/mol. The van der Waals surface area contributed by atoms with Crippen LogP contribution in [0.4, 0.5) is 17.1 Å². The van der Waals surface area contributed by atoms with Gasteiger partial charge in [-0.15, -0.1) is 0 Å². The van der Waals surface area contributed by atoms with Crippen LogP contribution in [-0.2, 0) is 10.0 Å². The van der Waals surface area contributed by atoms with Crippen LogP contribution in [-0.4, -0.2) is 15.0 Å². The molecular formula is C14H17N3O3S. The number of primary sulfonamides is 1. The topological polar surface area (TPSA) is 107 Å². The third-order valence-electron chi connectivity index (χ3n) is 2.69. The number of ether oxygens (including phenoxy) is 1. The van der Waals surface area contributed by atoms with Gasteiger partial charge >= 0.3 is 0 Å². The maximum atomic E-state index is 11.4. The number of nitrogen functional groups attached to an aromatic ring is 1. The molecule has 0 radical (unpaired) electrons. The van der Waals surface area contributed by atoms with Crippen molar-refractivity contribution in [3.05, 3.63) is 42.5 Å². The zero-order valence-electron chi connectivity index (χ0n) is 11.5. The first-order valence-electron chi connectivity index (χ1n) is 6.32. The maximum Gasteiger partial charge on any atom is 0.238 e. The molecule has 0 aliphatic carbocycles. The highest BCUT2D eigenvalue weighted by Crippen LogP contribution is 2.25. The van der Waals surface area contributed by atoms with Gasteiger partial charge in [0.25, 0.3) is 0 Å². The summed E-state index contributed by atoms with van der Waals surface area (Å²) in [6.07, 6.45) is 0. The molecule has 112 valence electrons. The van der Waals surface area contributed by atoms with Gasteiger partial charge in [-0.2, -0.15) is 0 Å². The Hall–Kier alpha value is -2.25. The van der Waals surface area contributed by atoms with Crippen molar-refractivity contribution in [1.82, 2.24) is 0 Å². The number of benzene rings is 2. The fourth-order valence-electron chi connectivity index (χ4n) is 1.86. The molecule has 0 amide bonds. The third-order valence-corrected chi connectivity index (χ3v) is 3.58. The molecule has 0 fully saturated rings. The van der Waals surface area contributed by atoms with Crippen molar-refractivity contribution >= 4 is 27.1 Å². The molecule has 0 aromatic heterocycles. The Bertz CT molecular complexity index is 745. The molecule has 0 heterocycles. The van der Waals surface area contributed by atoms with Crippen molar-refractivity contribution in [2.45, 2.75) is 11.8 Å². The van der Waals surface area contributed by atoms with Gasteiger partial charge in [0.15, 0.2) is 0 Å². The standard InChI is InChI=1S/C14H17N3O3S/c1-2-20-13-5-3-4-11(8-13)17-12-6-10(15)7-14(9-12)21(16,18)19/h3-9,17H,2,15H2,1H3,(H2,16,18,19). The van der Waals surface area contributed by atoms with E-state index >= 15 is 0 Å². The van der Waals surface area contributed by atoms with Crippen molar-refractivity contribution in [2.24, 2.45) is 5.14 Å². The Balaban J connectivity index is 2.31. The van der Waals surface area contributed by atoms with Crippen LogP contribution in [0.5, 0.6) is 5.75 Å². The molecule has 2 aromatic rings. The first kappa shape index (κ1) is 15.1. The molecule has 7 heteroatoms. The van der Waals surface area contributed by atoms with Gasteiger partial charge in [-0.25, -0.2) is 13.6 Å². The predicted octanol–water partition coefficient (Wildman–Crippen LogP) is 2.06. The lowest BCUT2D eigenvalue weighted by atomic mass is 10.2. The zero-order valence-corrected chi connectivity index (χ0v) is 12.4. The summed E-state index contributed by atoms with van der Waals surface area (Å²) < 4.78 is 28.2. The molecule has 0 aliphatic rings. The van der Waals surface area contributed by atoms with Gasteiger partial charge in [-0.1, -0.05) is 6.07 Å². The summed E-state index contributed by atoms with van der Waals surface area (Å²) in [5.74, 6) is 0.720. The van der Waals surface area contributed by atoms with Gasteiger partial charge in [0.05, 0.1) is 11.5 Å². The summed E-state index contributed by atoms with van der Waals surface area (Å²) in [6.45, 7) is 2.47. The normalized spacial score (nSPS) is 11.1. The van der Waals surface area contributed by atoms with Crippen LogP contribution < -0.4 is 20.9 Å². The van der Waals surface area contributed by atoms with E-state index in [0.717, 1.165) is 11.4 Å². The van der Waals surface area contributed by atoms with E-state index in [1.165, 1.54) is 12.1 Å². The number of hydrogen-bond acceptors (Lipinski definition) is 5. The molecule has 6 nitrogen and oxygen atoms in total. The smallest absolute Gasteiger partial charge is 0.238 e. The SMILES string of the molecule is CCOc1cccc(Nc2cc(N)cc(S(N)(=O)=O)c2)c1. The second-order valence-corrected chi connectivity index (χ2v) is 5.98. The van der Waals surface area contributed by atoms with Crippen LogP contribution in [0.15, 0.2) is 47.4 Å². The molecule has 0 bridgehead atoms. The Kier molecular flexibility index (Phi) is 4.35. The van der Waals surface area contributed by atoms with Crippen LogP contribution in [0.3, 0.4) is 0 Å². The van der Waals surface area contributed by atoms with Gasteiger partial charge in [-0.05, 0) is 37.3 Å². The van der Waals surface area contributed by atoms with Gasteiger partial charge in [0, 0.05) is 23.1 Å². The van der Waals surface area contributed by atoms with E-state index in [1.54, 1.807) is 6.07 Å². The quantitative estimate of drug-likeness (QED) is 0.733. The summed E-state index contributed by atoms with van der Waals surface area (Å²) in [4.78, 5) is -0.0361. The summed E-state index contributed by atoms with van der Waals surface area (Å²) in [7, 11) is -3.80. The highest BCUT2D eigenvalue weighted by molar-refractivity contribution is 7.89. The summed E-state index contributed by atoms with van der Waals surface area (Å²) in [6, 6.07) is 11.7. The van der Waals surface area contributed by atoms with Crippen LogP contribution in [0.1, 0.15) is 6.92 Å². The lowest BCUT2D eigenvalue weighted by Crippen LogP contribution is -2.12. The minimum absolute atomic E-state index is 0.0361. The fourth-order valence-corrected chi connectivity index (χ4v) is 2.45. The highest BCUT2D eigenvalue weighted by Gasteiger charge is 2.10. The molecule has 0 saturated carbocycles. The van der Waals surface area contributed by atoms with Crippen LogP contribution in [0.25, 0.3) is 0 Å². The number of rotatable bonds is 5. The minimum atomic E-state index is -3.80. The van der Waals surface area contributed by atoms with E-state index in [2.05, 4.69) is 5.32 Å². The first-order chi connectivity index (χ1) is 9.88. The predicted molar refractivity (Wildman–Crippen MR) is 83.1 cm³/mol. The van der Waals surface area contributed by atoms with Crippen LogP contribution in [0.2, 0.25) is 0 Å². The van der Waals surface area contributed by atoms with Gasteiger partial charge in [-0.3, -0.25) is 0 Å². The monoisotopic (exact) mass is 307 g/mol. The van der Waals surface area contributed by atoms with Crippen molar-refractivity contribution in [1.29, 1.82) is 0 Å². The Morgan fingerprint density at radius 2 is 1.90 bits per heavy atom. The van der Waals surface area contributed by atoms with Gasteiger partial charge in [0.2, 0.25) is 10.0 Å². The molecule has 0 unspecified atom stereocenters.